The van der Waals surface area contributed by atoms with Gasteiger partial charge in [-0.3, -0.25) is 0 Å². The van der Waals surface area contributed by atoms with Crippen LogP contribution < -0.4 is 17.4 Å². The van der Waals surface area contributed by atoms with Crippen molar-refractivity contribution in [3.05, 3.63) is 0 Å². The number of carboxylic acid groups (broad SMARTS) is 1. The molecular weight excluding hydrogens is 88.0 g/mol. The minimum Gasteiger partial charge on any atom is -0.870 e. The van der Waals surface area contributed by atoms with E-state index in [1.54, 1.807) is 0 Å². The van der Waals surface area contributed by atoms with Gasteiger partial charge in [0.25, 0.3) is 0 Å². The van der Waals surface area contributed by atoms with Crippen LogP contribution in [-0.4, -0.2) is 11.9 Å². The van der Waals surface area contributed by atoms with E-state index in [2.05, 4.69) is 0 Å². The van der Waals surface area contributed by atoms with Gasteiger partial charge in [-0.25, -0.2) is 0 Å². The summed E-state index contributed by atoms with van der Waals surface area (Å²) in [5.74, 6) is 0. The molecule has 0 aliphatic rings. The van der Waals surface area contributed by atoms with Gasteiger partial charge in [0.15, 0.2) is 0 Å². The first kappa shape index (κ1) is 55.5. The Morgan fingerprint density at radius 2 is 1.33 bits per heavy atom. The van der Waals surface area contributed by atoms with E-state index in [1.165, 1.54) is 0 Å². The molecule has 5 heteroatoms. The number of hydrogen-bond donors (Lipinski definition) is 2. The maximum atomic E-state index is 8.25. The molecule has 0 aromatic rings. The molecule has 0 aliphatic heterocycles. The van der Waals surface area contributed by atoms with Crippen molar-refractivity contribution in [3.63, 3.8) is 0 Å². The van der Waals surface area contributed by atoms with Crippen molar-refractivity contribution in [2.24, 2.45) is 0 Å². The number of carbonyl (C=O) groups excluding carboxylic acids is 1. The minimum absolute atomic E-state index is 0. The summed E-state index contributed by atoms with van der Waals surface area (Å²) in [4.78, 5) is 8.25. The quantitative estimate of drug-likeness (QED) is 0.372. The van der Waals surface area contributed by atoms with Crippen molar-refractivity contribution in [2.45, 2.75) is 0 Å². The SMILES string of the molecule is O=C[O-].[NH4+].[NH4+].[OH-]. The molecule has 0 fully saturated rings. The van der Waals surface area contributed by atoms with Gasteiger partial charge < -0.3 is 27.7 Å². The molecule has 0 saturated heterocycles. The van der Waals surface area contributed by atoms with Crippen LogP contribution in [0.25, 0.3) is 0 Å². The molecule has 6 heavy (non-hydrogen) atoms. The zero-order valence-corrected chi connectivity index (χ0v) is 3.84. The molecule has 0 amide bonds. The molecule has 42 valence electrons. The van der Waals surface area contributed by atoms with Gasteiger partial charge in [-0.15, -0.1) is 0 Å². The number of carbonyl (C=O) groups is 1. The Hall–Kier alpha value is -0.650. The largest absolute Gasteiger partial charge is 0.870 e. The van der Waals surface area contributed by atoms with E-state index in [1.807, 2.05) is 0 Å². The van der Waals surface area contributed by atoms with Crippen LogP contribution in [0.3, 0.4) is 0 Å². The number of rotatable bonds is 0. The van der Waals surface area contributed by atoms with E-state index < -0.39 is 6.47 Å². The molecule has 5 nitrogen and oxygen atoms in total. The molecule has 0 bridgehead atoms. The van der Waals surface area contributed by atoms with Crippen LogP contribution in [0.15, 0.2) is 0 Å². The Labute approximate surface area is 35.4 Å². The topological polar surface area (TPSA) is 143 Å². The summed E-state index contributed by atoms with van der Waals surface area (Å²) in [7, 11) is 0. The fraction of sp³-hybridized carbons (Fsp3) is 0. The third-order valence-electron chi connectivity index (χ3n) is 0. The van der Waals surface area contributed by atoms with Crippen molar-refractivity contribution in [3.8, 4) is 0 Å². The second kappa shape index (κ2) is 399. The Morgan fingerprint density at radius 1 is 1.33 bits per heavy atom. The molecule has 0 spiro atoms. The fourth-order valence-electron chi connectivity index (χ4n) is 0. The lowest BCUT2D eigenvalue weighted by atomic mass is 11.7. The average molecular weight is 98.1 g/mol. The first-order chi connectivity index (χ1) is 1.41. The van der Waals surface area contributed by atoms with E-state index in [4.69, 9.17) is 9.90 Å². The van der Waals surface area contributed by atoms with Crippen LogP contribution in [0.2, 0.25) is 0 Å². The Balaban J connectivity index is -0.00000000667. The lowest BCUT2D eigenvalue weighted by molar-refractivity contribution is -0.283. The van der Waals surface area contributed by atoms with Crippen LogP contribution in [0.5, 0.6) is 0 Å². The fourth-order valence-corrected chi connectivity index (χ4v) is 0. The highest BCUT2D eigenvalue weighted by Gasteiger charge is 0.996. The van der Waals surface area contributed by atoms with Crippen molar-refractivity contribution in [2.75, 3.05) is 0 Å². The lowest BCUT2D eigenvalue weighted by Gasteiger charge is -1.52. The average Bonchev–Trinajstić information content (AvgIpc) is 0.918. The van der Waals surface area contributed by atoms with Gasteiger partial charge in [-0.2, -0.15) is 0 Å². The van der Waals surface area contributed by atoms with Crippen molar-refractivity contribution >= 4 is 6.47 Å². The van der Waals surface area contributed by atoms with Gasteiger partial charge in [0, 0.05) is 6.47 Å². The van der Waals surface area contributed by atoms with E-state index in [-0.39, 0.29) is 17.8 Å². The Bertz CT molecular complexity index is 16.3. The zero-order chi connectivity index (χ0) is 2.71. The molecule has 0 atom stereocenters. The summed E-state index contributed by atoms with van der Waals surface area (Å²) < 4.78 is 0. The van der Waals surface area contributed by atoms with Gasteiger partial charge in [0.2, 0.25) is 0 Å². The van der Waals surface area contributed by atoms with Gasteiger partial charge in [0.1, 0.15) is 0 Å². The van der Waals surface area contributed by atoms with Gasteiger partial charge >= 0.3 is 0 Å². The van der Waals surface area contributed by atoms with Gasteiger partial charge in [0.05, 0.1) is 0 Å². The molecule has 0 aromatic heterocycles. The highest BCUT2D eigenvalue weighted by Crippen LogP contribution is 0.754. The van der Waals surface area contributed by atoms with E-state index in [0.717, 1.165) is 0 Å². The molecular formula is CH10N2O3. The van der Waals surface area contributed by atoms with Gasteiger partial charge in [-0.05, 0) is 0 Å². The number of quaternary nitrogens is 2. The summed E-state index contributed by atoms with van der Waals surface area (Å²) in [5, 5.41) is 8.25. The highest BCUT2D eigenvalue weighted by atomic mass is 16.3. The Morgan fingerprint density at radius 3 is 1.33 bits per heavy atom. The summed E-state index contributed by atoms with van der Waals surface area (Å²) in [6, 6.07) is 0. The van der Waals surface area contributed by atoms with Crippen LogP contribution in [0.4, 0.5) is 0 Å². The monoisotopic (exact) mass is 98.1 g/mol. The van der Waals surface area contributed by atoms with Crippen LogP contribution >= 0.6 is 0 Å². The third-order valence-corrected chi connectivity index (χ3v) is 0. The van der Waals surface area contributed by atoms with Crippen LogP contribution in [-0.2, 0) is 4.79 Å². The van der Waals surface area contributed by atoms with E-state index >= 15 is 0 Å². The predicted molar refractivity (Wildman–Crippen MR) is 20.0 cm³/mol. The highest BCUT2D eigenvalue weighted by molar-refractivity contribution is 5.29. The zero-order valence-electron chi connectivity index (χ0n) is 3.84. The second-order valence-electron chi connectivity index (χ2n) is 0.0962. The standard InChI is InChI=1S/CH2O2.2H3N.H2O/c2-1-3;;;/h1H,(H,2,3);2*1H3;1H2. The maximum Gasteiger partial charge on any atom is 0.0275 e. The molecule has 0 aliphatic carbocycles. The molecule has 0 unspecified atom stereocenters. The predicted octanol–water partition coefficient (Wildman–Crippen LogP) is -1.06. The molecule has 0 radical (unpaired) electrons. The molecule has 0 heterocycles. The van der Waals surface area contributed by atoms with Crippen LogP contribution in [0.1, 0.15) is 0 Å². The van der Waals surface area contributed by atoms with Crippen molar-refractivity contribution < 1.29 is 15.4 Å². The van der Waals surface area contributed by atoms with E-state index in [0.29, 0.717) is 0 Å². The van der Waals surface area contributed by atoms with Crippen molar-refractivity contribution in [1.29, 1.82) is 0 Å². The number of hydrogen-bond acceptors (Lipinski definition) is 3. The van der Waals surface area contributed by atoms with E-state index in [9.17, 15) is 0 Å². The maximum absolute atomic E-state index is 8.25. The lowest BCUT2D eigenvalue weighted by Crippen LogP contribution is -2.01. The molecule has 0 saturated carbocycles. The molecule has 9 N–H and O–H groups in total. The van der Waals surface area contributed by atoms with Gasteiger partial charge in [-0.1, -0.05) is 0 Å². The first-order valence-electron chi connectivity index (χ1n) is 0.471. The summed E-state index contributed by atoms with van der Waals surface area (Å²) in [5.41, 5.74) is 0. The summed E-state index contributed by atoms with van der Waals surface area (Å²) in [6.45, 7) is -0.500. The van der Waals surface area contributed by atoms with Crippen LogP contribution in [0, 0.1) is 0 Å². The Kier molecular flexibility index (Phi) is 3690. The molecule has 0 rings (SSSR count). The smallest absolute Gasteiger partial charge is 0.0275 e. The summed E-state index contributed by atoms with van der Waals surface area (Å²) >= 11 is 0. The second-order valence-corrected chi connectivity index (χ2v) is 0.0962. The third kappa shape index (κ3) is 43.8. The minimum atomic E-state index is -0.500. The summed E-state index contributed by atoms with van der Waals surface area (Å²) in [6.07, 6.45) is 0. The normalized spacial score (nSPS) is 2.00. The van der Waals surface area contributed by atoms with Crippen molar-refractivity contribution in [1.82, 2.24) is 12.3 Å². The first-order valence-corrected chi connectivity index (χ1v) is 0.471. The molecule has 0 aromatic carbocycles.